The van der Waals surface area contributed by atoms with E-state index in [0.717, 1.165) is 29.6 Å². The Labute approximate surface area is 88.6 Å². The van der Waals surface area contributed by atoms with Crippen LogP contribution in [0.1, 0.15) is 18.7 Å². The van der Waals surface area contributed by atoms with Gasteiger partial charge in [-0.1, -0.05) is 17.8 Å². The van der Waals surface area contributed by atoms with Gasteiger partial charge in [-0.2, -0.15) is 0 Å². The summed E-state index contributed by atoms with van der Waals surface area (Å²) in [7, 11) is 1.94. The van der Waals surface area contributed by atoms with E-state index in [0.29, 0.717) is 6.54 Å². The molecule has 0 aliphatic rings. The molecule has 1 aromatic rings. The van der Waals surface area contributed by atoms with Crippen molar-refractivity contribution in [3.63, 3.8) is 0 Å². The Morgan fingerprint density at radius 3 is 2.93 bits per heavy atom. The van der Waals surface area contributed by atoms with Gasteiger partial charge in [0.2, 0.25) is 0 Å². The maximum atomic E-state index is 5.49. The molecule has 1 aromatic heterocycles. The lowest BCUT2D eigenvalue weighted by atomic mass is 10.3. The number of nitrogens with zero attached hydrogens (tertiary/aromatic N) is 3. The van der Waals surface area contributed by atoms with Gasteiger partial charge in [-0.25, -0.2) is 0 Å². The van der Waals surface area contributed by atoms with E-state index in [1.807, 2.05) is 17.7 Å². The van der Waals surface area contributed by atoms with E-state index in [9.17, 15) is 0 Å². The molecular weight excluding hydrogens is 196 g/mol. The maximum Gasteiger partial charge on any atom is 0.190 e. The van der Waals surface area contributed by atoms with Gasteiger partial charge in [0.05, 0.1) is 6.54 Å². The summed E-state index contributed by atoms with van der Waals surface area (Å²) in [4.78, 5) is 0. The van der Waals surface area contributed by atoms with Crippen LogP contribution in [0.25, 0.3) is 0 Å². The zero-order valence-corrected chi connectivity index (χ0v) is 9.26. The van der Waals surface area contributed by atoms with E-state index in [2.05, 4.69) is 16.8 Å². The Morgan fingerprint density at radius 1 is 1.57 bits per heavy atom. The van der Waals surface area contributed by atoms with Crippen molar-refractivity contribution in [3.05, 3.63) is 18.5 Å². The summed E-state index contributed by atoms with van der Waals surface area (Å²) in [6.07, 6.45) is 4.11. The van der Waals surface area contributed by atoms with Gasteiger partial charge in [0.25, 0.3) is 0 Å². The quantitative estimate of drug-likeness (QED) is 0.439. The first-order chi connectivity index (χ1) is 6.79. The first-order valence-corrected chi connectivity index (χ1v) is 5.60. The summed E-state index contributed by atoms with van der Waals surface area (Å²) in [6.45, 7) is 4.12. The van der Waals surface area contributed by atoms with Crippen LogP contribution in [0.4, 0.5) is 0 Å². The van der Waals surface area contributed by atoms with Crippen molar-refractivity contribution >= 4 is 11.8 Å². The lowest BCUT2D eigenvalue weighted by Gasteiger charge is -2.00. The average molecular weight is 212 g/mol. The zero-order chi connectivity index (χ0) is 10.4. The lowest BCUT2D eigenvalue weighted by molar-refractivity contribution is 0.734. The number of unbranched alkanes of at least 4 members (excludes halogenated alkanes) is 1. The average Bonchev–Trinajstić information content (AvgIpc) is 2.55. The molecule has 0 saturated heterocycles. The van der Waals surface area contributed by atoms with Gasteiger partial charge in [0.15, 0.2) is 5.16 Å². The molecule has 0 radical (unpaired) electrons. The van der Waals surface area contributed by atoms with Crippen LogP contribution < -0.4 is 5.73 Å². The molecule has 1 rings (SSSR count). The van der Waals surface area contributed by atoms with Crippen molar-refractivity contribution < 1.29 is 0 Å². The van der Waals surface area contributed by atoms with Gasteiger partial charge in [0.1, 0.15) is 5.82 Å². The van der Waals surface area contributed by atoms with E-state index in [1.165, 1.54) is 0 Å². The third-order valence-electron chi connectivity index (χ3n) is 1.89. The van der Waals surface area contributed by atoms with E-state index < -0.39 is 0 Å². The van der Waals surface area contributed by atoms with Gasteiger partial charge in [-0.15, -0.1) is 16.8 Å². The minimum atomic E-state index is 0.441. The SMILES string of the molecule is C=CCCCSc1nnc(CN)n1C. The van der Waals surface area contributed by atoms with Crippen LogP contribution in [0, 0.1) is 0 Å². The molecule has 0 bridgehead atoms. The van der Waals surface area contributed by atoms with Crippen LogP contribution in [0.3, 0.4) is 0 Å². The largest absolute Gasteiger partial charge is 0.324 e. The van der Waals surface area contributed by atoms with Crippen molar-refractivity contribution in [3.8, 4) is 0 Å². The fourth-order valence-electron chi connectivity index (χ4n) is 1.04. The predicted octanol–water partition coefficient (Wildman–Crippen LogP) is 1.33. The summed E-state index contributed by atoms with van der Waals surface area (Å²) in [5.41, 5.74) is 5.49. The number of hydrogen-bond donors (Lipinski definition) is 1. The summed E-state index contributed by atoms with van der Waals surface area (Å²) in [5, 5.41) is 8.97. The summed E-state index contributed by atoms with van der Waals surface area (Å²) in [5.74, 6) is 1.87. The molecule has 0 aliphatic heterocycles. The first-order valence-electron chi connectivity index (χ1n) is 4.61. The molecule has 0 amide bonds. The minimum Gasteiger partial charge on any atom is -0.324 e. The Hall–Kier alpha value is -0.810. The van der Waals surface area contributed by atoms with Gasteiger partial charge in [-0.3, -0.25) is 0 Å². The Kier molecular flexibility index (Phi) is 4.69. The maximum absolute atomic E-state index is 5.49. The third kappa shape index (κ3) is 2.85. The molecule has 0 aromatic carbocycles. The first kappa shape index (κ1) is 11.3. The normalized spacial score (nSPS) is 10.4. The molecule has 0 saturated carbocycles. The molecule has 14 heavy (non-hydrogen) atoms. The molecule has 1 heterocycles. The highest BCUT2D eigenvalue weighted by atomic mass is 32.2. The monoisotopic (exact) mass is 212 g/mol. The van der Waals surface area contributed by atoms with Crippen molar-refractivity contribution in [2.45, 2.75) is 24.5 Å². The van der Waals surface area contributed by atoms with Crippen LogP contribution in [-0.4, -0.2) is 20.5 Å². The van der Waals surface area contributed by atoms with E-state index in [-0.39, 0.29) is 0 Å². The Bertz CT molecular complexity index is 295. The standard InChI is InChI=1S/C9H16N4S/c1-3-4-5-6-14-9-12-11-8(7-10)13(9)2/h3H,1,4-7,10H2,2H3. The topological polar surface area (TPSA) is 56.7 Å². The zero-order valence-electron chi connectivity index (χ0n) is 8.44. The Morgan fingerprint density at radius 2 is 2.36 bits per heavy atom. The number of aromatic nitrogens is 3. The van der Waals surface area contributed by atoms with Gasteiger partial charge >= 0.3 is 0 Å². The van der Waals surface area contributed by atoms with E-state index >= 15 is 0 Å². The number of nitrogens with two attached hydrogens (primary N) is 1. The van der Waals surface area contributed by atoms with Crippen molar-refractivity contribution in [2.75, 3.05) is 5.75 Å². The molecule has 0 spiro atoms. The van der Waals surface area contributed by atoms with Crippen LogP contribution >= 0.6 is 11.8 Å². The minimum absolute atomic E-state index is 0.441. The highest BCUT2D eigenvalue weighted by molar-refractivity contribution is 7.99. The van der Waals surface area contributed by atoms with Crippen LogP contribution in [-0.2, 0) is 13.6 Å². The highest BCUT2D eigenvalue weighted by Gasteiger charge is 2.06. The Balaban J connectivity index is 2.42. The second-order valence-corrected chi connectivity index (χ2v) is 4.00. The molecule has 5 heteroatoms. The third-order valence-corrected chi connectivity index (χ3v) is 3.00. The molecule has 78 valence electrons. The highest BCUT2D eigenvalue weighted by Crippen LogP contribution is 2.16. The summed E-state index contributed by atoms with van der Waals surface area (Å²) < 4.78 is 1.94. The van der Waals surface area contributed by atoms with Gasteiger partial charge in [-0.05, 0) is 12.8 Å². The van der Waals surface area contributed by atoms with Gasteiger partial charge in [0, 0.05) is 12.8 Å². The van der Waals surface area contributed by atoms with E-state index in [1.54, 1.807) is 11.8 Å². The van der Waals surface area contributed by atoms with Crippen molar-refractivity contribution in [1.29, 1.82) is 0 Å². The second-order valence-electron chi connectivity index (χ2n) is 2.94. The second kappa shape index (κ2) is 5.82. The molecule has 0 fully saturated rings. The molecule has 0 aliphatic carbocycles. The smallest absolute Gasteiger partial charge is 0.190 e. The lowest BCUT2D eigenvalue weighted by Crippen LogP contribution is -2.05. The summed E-state index contributed by atoms with van der Waals surface area (Å²) in [6, 6.07) is 0. The van der Waals surface area contributed by atoms with Crippen molar-refractivity contribution in [1.82, 2.24) is 14.8 Å². The van der Waals surface area contributed by atoms with Crippen LogP contribution in [0.2, 0.25) is 0 Å². The van der Waals surface area contributed by atoms with E-state index in [4.69, 9.17) is 5.73 Å². The number of thioether (sulfide) groups is 1. The van der Waals surface area contributed by atoms with Gasteiger partial charge < -0.3 is 10.3 Å². The predicted molar refractivity (Wildman–Crippen MR) is 59.0 cm³/mol. The number of hydrogen-bond acceptors (Lipinski definition) is 4. The fraction of sp³-hybridized carbons (Fsp3) is 0.556. The summed E-state index contributed by atoms with van der Waals surface area (Å²) >= 11 is 1.71. The number of allylic oxidation sites excluding steroid dienone is 1. The molecule has 0 unspecified atom stereocenters. The molecule has 2 N–H and O–H groups in total. The molecular formula is C9H16N4S. The number of rotatable bonds is 6. The molecule has 4 nitrogen and oxygen atoms in total. The van der Waals surface area contributed by atoms with Crippen LogP contribution in [0.15, 0.2) is 17.8 Å². The fourth-order valence-corrected chi connectivity index (χ4v) is 1.93. The van der Waals surface area contributed by atoms with Crippen LogP contribution in [0.5, 0.6) is 0 Å². The van der Waals surface area contributed by atoms with Crippen molar-refractivity contribution in [2.24, 2.45) is 12.8 Å². The molecule has 0 atom stereocenters.